The Labute approximate surface area is 112 Å². The molecule has 0 spiro atoms. The summed E-state index contributed by atoms with van der Waals surface area (Å²) >= 11 is 5.87. The molecule has 3 heteroatoms. The Hall–Kier alpha value is -1.15. The molecule has 2 rings (SSSR count). The van der Waals surface area contributed by atoms with Crippen LogP contribution in [0.5, 0.6) is 0 Å². The number of carbonyl (C=O) groups excluding carboxylic acids is 1. The van der Waals surface area contributed by atoms with Gasteiger partial charge in [0.1, 0.15) is 5.82 Å². The van der Waals surface area contributed by atoms with Crippen molar-refractivity contribution in [3.8, 4) is 0 Å². The Balaban J connectivity index is 2.24. The summed E-state index contributed by atoms with van der Waals surface area (Å²) in [5.41, 5.74) is 1.51. The van der Waals surface area contributed by atoms with E-state index in [2.05, 4.69) is 13.8 Å². The van der Waals surface area contributed by atoms with Gasteiger partial charge in [0, 0.05) is 11.4 Å². The van der Waals surface area contributed by atoms with Gasteiger partial charge in [0.25, 0.3) is 0 Å². The highest BCUT2D eigenvalue weighted by Gasteiger charge is 2.27. The molecule has 0 unspecified atom stereocenters. The van der Waals surface area contributed by atoms with Gasteiger partial charge in [-0.25, -0.2) is 4.39 Å². The first-order valence-corrected chi connectivity index (χ1v) is 6.40. The van der Waals surface area contributed by atoms with Crippen molar-refractivity contribution in [2.24, 2.45) is 5.41 Å². The summed E-state index contributed by atoms with van der Waals surface area (Å²) in [5, 5.41) is 0.522. The number of benzene rings is 1. The minimum absolute atomic E-state index is 0.0315. The lowest BCUT2D eigenvalue weighted by Gasteiger charge is -2.29. The van der Waals surface area contributed by atoms with E-state index < -0.39 is 0 Å². The monoisotopic (exact) mass is 266 g/mol. The van der Waals surface area contributed by atoms with Crippen LogP contribution in [0.3, 0.4) is 0 Å². The second-order valence-electron chi connectivity index (χ2n) is 5.70. The van der Waals surface area contributed by atoms with Gasteiger partial charge in [0.15, 0.2) is 5.78 Å². The van der Waals surface area contributed by atoms with E-state index in [4.69, 9.17) is 11.6 Å². The molecule has 1 nitrogen and oxygen atoms in total. The lowest BCUT2D eigenvalue weighted by atomic mass is 9.75. The molecule has 0 amide bonds. The van der Waals surface area contributed by atoms with Gasteiger partial charge in [0.2, 0.25) is 0 Å². The Morgan fingerprint density at radius 2 is 2.06 bits per heavy atom. The Morgan fingerprint density at radius 1 is 1.33 bits per heavy atom. The minimum Gasteiger partial charge on any atom is -0.295 e. The molecule has 0 heterocycles. The Kier molecular flexibility index (Phi) is 3.58. The summed E-state index contributed by atoms with van der Waals surface area (Å²) in [4.78, 5) is 11.6. The summed E-state index contributed by atoms with van der Waals surface area (Å²) in [6.45, 7) is 4.12. The summed E-state index contributed by atoms with van der Waals surface area (Å²) < 4.78 is 13.6. The average Bonchev–Trinajstić information content (AvgIpc) is 2.20. The zero-order chi connectivity index (χ0) is 13.3. The number of rotatable bonds is 2. The normalized spacial score (nSPS) is 18.7. The fraction of sp³-hybridized carbons (Fsp3) is 0.400. The zero-order valence-electron chi connectivity index (χ0n) is 10.6. The maximum atomic E-state index is 13.6. The Bertz CT molecular complexity index is 517. The third kappa shape index (κ3) is 3.20. The zero-order valence-corrected chi connectivity index (χ0v) is 11.4. The van der Waals surface area contributed by atoms with Crippen LogP contribution < -0.4 is 0 Å². The van der Waals surface area contributed by atoms with Gasteiger partial charge in [-0.3, -0.25) is 4.79 Å². The highest BCUT2D eigenvalue weighted by molar-refractivity contribution is 6.30. The molecular weight excluding hydrogens is 251 g/mol. The number of hydrogen-bond acceptors (Lipinski definition) is 1. The molecule has 0 radical (unpaired) electrons. The van der Waals surface area contributed by atoms with E-state index >= 15 is 0 Å². The van der Waals surface area contributed by atoms with Crippen molar-refractivity contribution in [1.29, 1.82) is 0 Å². The van der Waals surface area contributed by atoms with Gasteiger partial charge in [0.05, 0.1) is 0 Å². The van der Waals surface area contributed by atoms with Gasteiger partial charge in [-0.2, -0.15) is 0 Å². The van der Waals surface area contributed by atoms with Gasteiger partial charge < -0.3 is 0 Å². The first kappa shape index (κ1) is 13.3. The quantitative estimate of drug-likeness (QED) is 0.778. The van der Waals surface area contributed by atoms with E-state index in [0.29, 0.717) is 23.4 Å². The molecule has 1 aliphatic rings. The molecule has 1 aromatic rings. The molecule has 1 aliphatic carbocycles. The fourth-order valence-electron chi connectivity index (χ4n) is 2.52. The van der Waals surface area contributed by atoms with Crippen molar-refractivity contribution in [3.63, 3.8) is 0 Å². The SMILES string of the molecule is CC1(C)CC(=O)C=C(Cc2cc(Cl)ccc2F)C1. The van der Waals surface area contributed by atoms with E-state index in [-0.39, 0.29) is 17.0 Å². The molecular formula is C15H16ClFO. The van der Waals surface area contributed by atoms with E-state index in [9.17, 15) is 9.18 Å². The Morgan fingerprint density at radius 3 is 2.72 bits per heavy atom. The molecule has 0 bridgehead atoms. The molecule has 1 aromatic carbocycles. The van der Waals surface area contributed by atoms with Crippen molar-refractivity contribution >= 4 is 17.4 Å². The molecule has 0 saturated heterocycles. The first-order chi connectivity index (χ1) is 8.35. The van der Waals surface area contributed by atoms with Gasteiger partial charge in [-0.1, -0.05) is 31.0 Å². The van der Waals surface area contributed by atoms with Gasteiger partial charge in [-0.05, 0) is 48.1 Å². The lowest BCUT2D eigenvalue weighted by molar-refractivity contribution is -0.117. The topological polar surface area (TPSA) is 17.1 Å². The molecule has 0 aliphatic heterocycles. The molecule has 0 N–H and O–H groups in total. The van der Waals surface area contributed by atoms with Crippen LogP contribution in [0.2, 0.25) is 5.02 Å². The predicted molar refractivity (Wildman–Crippen MR) is 71.2 cm³/mol. The number of hydrogen-bond donors (Lipinski definition) is 0. The molecule has 0 fully saturated rings. The molecule has 0 atom stereocenters. The maximum absolute atomic E-state index is 13.6. The fourth-order valence-corrected chi connectivity index (χ4v) is 2.71. The van der Waals surface area contributed by atoms with Crippen LogP contribution in [-0.4, -0.2) is 5.78 Å². The van der Waals surface area contributed by atoms with Crippen LogP contribution in [0, 0.1) is 11.2 Å². The molecule has 0 saturated carbocycles. The standard InChI is InChI=1S/C15H16ClFO/c1-15(2)8-10(6-13(18)9-15)5-11-7-12(16)3-4-14(11)17/h3-4,6-7H,5,8-9H2,1-2H3. The number of halogens is 2. The summed E-state index contributed by atoms with van der Waals surface area (Å²) in [6, 6.07) is 4.53. The van der Waals surface area contributed by atoms with Crippen LogP contribution in [0.1, 0.15) is 32.3 Å². The number of ketones is 1. The molecule has 96 valence electrons. The van der Waals surface area contributed by atoms with Crippen LogP contribution in [0.4, 0.5) is 4.39 Å². The van der Waals surface area contributed by atoms with Crippen molar-refractivity contribution < 1.29 is 9.18 Å². The minimum atomic E-state index is -0.267. The van der Waals surface area contributed by atoms with Crippen LogP contribution in [0.15, 0.2) is 29.8 Å². The second kappa shape index (κ2) is 4.85. The smallest absolute Gasteiger partial charge is 0.156 e. The average molecular weight is 267 g/mol. The van der Waals surface area contributed by atoms with Crippen molar-refractivity contribution in [2.45, 2.75) is 33.1 Å². The number of carbonyl (C=O) groups is 1. The van der Waals surface area contributed by atoms with Crippen LogP contribution in [-0.2, 0) is 11.2 Å². The number of allylic oxidation sites excluding steroid dienone is 2. The van der Waals surface area contributed by atoms with Crippen molar-refractivity contribution in [1.82, 2.24) is 0 Å². The van der Waals surface area contributed by atoms with Crippen LogP contribution in [0.25, 0.3) is 0 Å². The maximum Gasteiger partial charge on any atom is 0.156 e. The molecule has 18 heavy (non-hydrogen) atoms. The highest BCUT2D eigenvalue weighted by atomic mass is 35.5. The van der Waals surface area contributed by atoms with E-state index in [1.54, 1.807) is 12.1 Å². The van der Waals surface area contributed by atoms with Gasteiger partial charge in [-0.15, -0.1) is 0 Å². The summed E-state index contributed by atoms with van der Waals surface area (Å²) in [7, 11) is 0. The highest BCUT2D eigenvalue weighted by Crippen LogP contribution is 2.35. The molecule has 0 aromatic heterocycles. The van der Waals surface area contributed by atoms with Gasteiger partial charge >= 0.3 is 0 Å². The van der Waals surface area contributed by atoms with E-state index in [0.717, 1.165) is 12.0 Å². The largest absolute Gasteiger partial charge is 0.295 e. The third-order valence-corrected chi connectivity index (χ3v) is 3.38. The third-order valence-electron chi connectivity index (χ3n) is 3.15. The van der Waals surface area contributed by atoms with E-state index in [1.807, 2.05) is 0 Å². The van der Waals surface area contributed by atoms with E-state index in [1.165, 1.54) is 12.1 Å². The summed E-state index contributed by atoms with van der Waals surface area (Å²) in [6.07, 6.45) is 3.51. The lowest BCUT2D eigenvalue weighted by Crippen LogP contribution is -2.22. The first-order valence-electron chi connectivity index (χ1n) is 6.02. The van der Waals surface area contributed by atoms with Crippen LogP contribution >= 0.6 is 11.6 Å². The predicted octanol–water partition coefficient (Wildman–Crippen LogP) is 4.34. The van der Waals surface area contributed by atoms with Crippen molar-refractivity contribution in [2.75, 3.05) is 0 Å². The van der Waals surface area contributed by atoms with Crippen molar-refractivity contribution in [3.05, 3.63) is 46.3 Å². The second-order valence-corrected chi connectivity index (χ2v) is 6.14. The summed E-state index contributed by atoms with van der Waals surface area (Å²) in [5.74, 6) is -0.139.